The van der Waals surface area contributed by atoms with Crippen molar-refractivity contribution in [3.8, 4) is 5.75 Å². The van der Waals surface area contributed by atoms with Gasteiger partial charge in [0, 0.05) is 6.07 Å². The van der Waals surface area contributed by atoms with E-state index in [0.29, 0.717) is 15.6 Å². The highest BCUT2D eigenvalue weighted by Gasteiger charge is 2.16. The van der Waals surface area contributed by atoms with Gasteiger partial charge < -0.3 is 4.74 Å². The van der Waals surface area contributed by atoms with Crippen LogP contribution in [0.3, 0.4) is 0 Å². The van der Waals surface area contributed by atoms with E-state index >= 15 is 0 Å². The largest absolute Gasteiger partial charge is 0.477 e. The first-order chi connectivity index (χ1) is 11.9. The highest BCUT2D eigenvalue weighted by Crippen LogP contribution is 2.27. The van der Waals surface area contributed by atoms with E-state index in [-0.39, 0.29) is 11.4 Å². The highest BCUT2D eigenvalue weighted by atomic mass is 35.5. The molecule has 0 aromatic heterocycles. The Hall–Kier alpha value is -2.64. The predicted molar refractivity (Wildman–Crippen MR) is 95.5 cm³/mol. The van der Waals surface area contributed by atoms with Crippen LogP contribution in [0.1, 0.15) is 11.1 Å². The third-order valence-electron chi connectivity index (χ3n) is 3.02. The van der Waals surface area contributed by atoms with Gasteiger partial charge in [0.15, 0.2) is 12.4 Å². The van der Waals surface area contributed by atoms with E-state index in [4.69, 9.17) is 27.9 Å². The molecule has 130 valence electrons. The van der Waals surface area contributed by atoms with Crippen molar-refractivity contribution < 1.29 is 14.5 Å². The number of hydrazone groups is 1. The number of benzene rings is 2. The summed E-state index contributed by atoms with van der Waals surface area (Å²) in [5.41, 5.74) is 3.41. The summed E-state index contributed by atoms with van der Waals surface area (Å²) >= 11 is 11.7. The molecule has 0 spiro atoms. The van der Waals surface area contributed by atoms with Gasteiger partial charge in [0.2, 0.25) is 0 Å². The number of nitro groups is 1. The summed E-state index contributed by atoms with van der Waals surface area (Å²) in [6, 6.07) is 9.34. The molecule has 0 radical (unpaired) electrons. The second-order valence-corrected chi connectivity index (χ2v) is 5.80. The minimum absolute atomic E-state index is 0.0132. The van der Waals surface area contributed by atoms with E-state index in [1.807, 2.05) is 0 Å². The molecule has 0 aliphatic carbocycles. The lowest BCUT2D eigenvalue weighted by Gasteiger charge is -2.06. The second-order valence-electron chi connectivity index (χ2n) is 4.98. The van der Waals surface area contributed by atoms with Gasteiger partial charge in [-0.3, -0.25) is 14.9 Å². The van der Waals surface area contributed by atoms with Crippen LogP contribution in [0.5, 0.6) is 5.75 Å². The summed E-state index contributed by atoms with van der Waals surface area (Å²) in [5, 5.41) is 15.5. The third kappa shape index (κ3) is 5.44. The third-order valence-corrected chi connectivity index (χ3v) is 3.76. The van der Waals surface area contributed by atoms with Crippen molar-refractivity contribution in [2.45, 2.75) is 6.92 Å². The Morgan fingerprint density at radius 1 is 1.28 bits per heavy atom. The number of carbonyl (C=O) groups is 1. The van der Waals surface area contributed by atoms with Gasteiger partial charge in [-0.15, -0.1) is 0 Å². The number of hydrogen-bond acceptors (Lipinski definition) is 5. The van der Waals surface area contributed by atoms with Gasteiger partial charge in [-0.2, -0.15) is 5.10 Å². The fraction of sp³-hybridized carbons (Fsp3) is 0.125. The van der Waals surface area contributed by atoms with Gasteiger partial charge in [-0.1, -0.05) is 35.3 Å². The molecule has 0 aliphatic rings. The van der Waals surface area contributed by atoms with Gasteiger partial charge in [0.05, 0.1) is 21.2 Å². The van der Waals surface area contributed by atoms with Crippen molar-refractivity contribution in [3.05, 3.63) is 67.7 Å². The van der Waals surface area contributed by atoms with Crippen molar-refractivity contribution in [1.29, 1.82) is 0 Å². The molecule has 0 aliphatic heterocycles. The summed E-state index contributed by atoms with van der Waals surface area (Å²) in [5.74, 6) is -0.551. The number of nitrogens with zero attached hydrogens (tertiary/aromatic N) is 2. The molecule has 0 heterocycles. The Bertz CT molecular complexity index is 840. The Balaban J connectivity index is 1.92. The minimum Gasteiger partial charge on any atom is -0.477 e. The van der Waals surface area contributed by atoms with Gasteiger partial charge in [0.25, 0.3) is 5.91 Å². The molecule has 1 N–H and O–H groups in total. The molecule has 0 saturated heterocycles. The summed E-state index contributed by atoms with van der Waals surface area (Å²) in [7, 11) is 0. The summed E-state index contributed by atoms with van der Waals surface area (Å²) in [6.45, 7) is 1.31. The molecule has 2 aromatic rings. The predicted octanol–water partition coefficient (Wildman–Crippen LogP) is 3.74. The molecule has 0 unspecified atom stereocenters. The SMILES string of the molecule is Cc1ccc(OCC(=O)NN=Cc2ccc(Cl)c(Cl)c2)c([N+](=O)[O-])c1. The molecule has 2 rings (SSSR count). The zero-order valence-corrected chi connectivity index (χ0v) is 14.5. The molecule has 9 heteroatoms. The van der Waals surface area contributed by atoms with Gasteiger partial charge in [0.1, 0.15) is 0 Å². The fourth-order valence-electron chi connectivity index (χ4n) is 1.84. The average Bonchev–Trinajstić information content (AvgIpc) is 2.56. The quantitative estimate of drug-likeness (QED) is 0.468. The Kier molecular flexibility index (Phi) is 6.32. The Morgan fingerprint density at radius 2 is 2.04 bits per heavy atom. The number of amides is 1. The highest BCUT2D eigenvalue weighted by molar-refractivity contribution is 6.42. The van der Waals surface area contributed by atoms with Crippen LogP contribution in [0.15, 0.2) is 41.5 Å². The second kappa shape index (κ2) is 8.46. The number of carbonyl (C=O) groups excluding carboxylic acids is 1. The monoisotopic (exact) mass is 381 g/mol. The standard InChI is InChI=1S/C16H13Cl2N3O4/c1-10-2-5-15(14(6-10)21(23)24)25-9-16(22)20-19-8-11-3-4-12(17)13(18)7-11/h2-8H,9H2,1H3,(H,20,22). The van der Waals surface area contributed by atoms with Crippen LogP contribution in [0.4, 0.5) is 5.69 Å². The first-order valence-corrected chi connectivity index (χ1v) is 7.77. The van der Waals surface area contributed by atoms with Crippen molar-refractivity contribution in [3.63, 3.8) is 0 Å². The van der Waals surface area contributed by atoms with Crippen LogP contribution in [-0.4, -0.2) is 23.7 Å². The lowest BCUT2D eigenvalue weighted by atomic mass is 10.2. The van der Waals surface area contributed by atoms with Crippen LogP contribution >= 0.6 is 23.2 Å². The molecular formula is C16H13Cl2N3O4. The molecule has 1 amide bonds. The van der Waals surface area contributed by atoms with E-state index in [1.165, 1.54) is 18.3 Å². The first kappa shape index (κ1) is 18.7. The number of rotatable bonds is 6. The van der Waals surface area contributed by atoms with Gasteiger partial charge in [-0.05, 0) is 36.2 Å². The van der Waals surface area contributed by atoms with E-state index in [2.05, 4.69) is 10.5 Å². The lowest BCUT2D eigenvalue weighted by molar-refractivity contribution is -0.385. The van der Waals surface area contributed by atoms with Crippen LogP contribution < -0.4 is 10.2 Å². The molecular weight excluding hydrogens is 369 g/mol. The van der Waals surface area contributed by atoms with Crippen LogP contribution in [-0.2, 0) is 4.79 Å². The zero-order chi connectivity index (χ0) is 18.4. The molecule has 25 heavy (non-hydrogen) atoms. The number of halogens is 2. The Morgan fingerprint density at radius 3 is 2.72 bits per heavy atom. The van der Waals surface area contributed by atoms with E-state index in [0.717, 1.165) is 5.56 Å². The van der Waals surface area contributed by atoms with E-state index in [1.54, 1.807) is 31.2 Å². The number of nitro benzene ring substituents is 1. The van der Waals surface area contributed by atoms with Gasteiger partial charge in [-0.25, -0.2) is 5.43 Å². The molecule has 7 nitrogen and oxygen atoms in total. The normalized spacial score (nSPS) is 10.7. The molecule has 0 atom stereocenters. The van der Waals surface area contributed by atoms with Crippen molar-refractivity contribution in [1.82, 2.24) is 5.43 Å². The number of nitrogens with one attached hydrogen (secondary N) is 1. The van der Waals surface area contributed by atoms with Crippen LogP contribution in [0.25, 0.3) is 0 Å². The molecule has 2 aromatic carbocycles. The van der Waals surface area contributed by atoms with E-state index in [9.17, 15) is 14.9 Å². The maximum atomic E-state index is 11.7. The summed E-state index contributed by atoms with van der Waals surface area (Å²) < 4.78 is 5.19. The van der Waals surface area contributed by atoms with Crippen molar-refractivity contribution in [2.24, 2.45) is 5.10 Å². The number of aryl methyl sites for hydroxylation is 1. The summed E-state index contributed by atoms with van der Waals surface area (Å²) in [4.78, 5) is 22.1. The topological polar surface area (TPSA) is 93.8 Å². The fourth-order valence-corrected chi connectivity index (χ4v) is 2.15. The van der Waals surface area contributed by atoms with Gasteiger partial charge >= 0.3 is 5.69 Å². The van der Waals surface area contributed by atoms with E-state index < -0.39 is 17.4 Å². The maximum Gasteiger partial charge on any atom is 0.311 e. The summed E-state index contributed by atoms with van der Waals surface area (Å²) in [6.07, 6.45) is 1.38. The smallest absolute Gasteiger partial charge is 0.311 e. The lowest BCUT2D eigenvalue weighted by Crippen LogP contribution is -2.24. The van der Waals surface area contributed by atoms with Crippen LogP contribution in [0.2, 0.25) is 10.0 Å². The molecule has 0 saturated carbocycles. The average molecular weight is 382 g/mol. The number of ether oxygens (including phenoxy) is 1. The van der Waals surface area contributed by atoms with Crippen LogP contribution in [0, 0.1) is 17.0 Å². The minimum atomic E-state index is -0.567. The first-order valence-electron chi connectivity index (χ1n) is 7.01. The molecule has 0 fully saturated rings. The maximum absolute atomic E-state index is 11.7. The number of hydrogen-bond donors (Lipinski definition) is 1. The molecule has 0 bridgehead atoms. The van der Waals surface area contributed by atoms with Crippen molar-refractivity contribution >= 4 is 41.0 Å². The van der Waals surface area contributed by atoms with Crippen molar-refractivity contribution in [2.75, 3.05) is 6.61 Å². The zero-order valence-electron chi connectivity index (χ0n) is 13.0. The Labute approximate surface area is 153 Å².